The van der Waals surface area contributed by atoms with Crippen molar-refractivity contribution >= 4 is 34.5 Å². The monoisotopic (exact) mass is 564 g/mol. The van der Waals surface area contributed by atoms with Gasteiger partial charge in [0.25, 0.3) is 0 Å². The van der Waals surface area contributed by atoms with Crippen LogP contribution in [0.25, 0.3) is 33.4 Å². The predicted octanol–water partition coefficient (Wildman–Crippen LogP) is 2.53. The first-order valence-corrected chi connectivity index (χ1v) is 14.5. The third kappa shape index (κ3) is 5.54. The lowest BCUT2D eigenvalue weighted by Crippen LogP contribution is -3.04. The summed E-state index contributed by atoms with van der Waals surface area (Å²) in [7, 11) is -10.6. The summed E-state index contributed by atoms with van der Waals surface area (Å²) in [5, 5.41) is 15.9. The molecule has 12 nitrogen and oxygen atoms in total. The first kappa shape index (κ1) is 26.5. The van der Waals surface area contributed by atoms with Crippen molar-refractivity contribution in [3.8, 4) is 22.5 Å². The second kappa shape index (κ2) is 10.6. The second-order valence-electron chi connectivity index (χ2n) is 8.36. The SMILES string of the molecule is O=P(O)(O)[NH+]([O-])S(=O)(=O)c1cncc(-c2nc(NCc3ccccn3)c3c(-c4ccccc4)cccc3n2)c1. The molecule has 39 heavy (non-hydrogen) atoms. The van der Waals surface area contributed by atoms with Gasteiger partial charge in [-0.25, -0.2) is 14.5 Å². The molecule has 0 saturated carbocycles. The Labute approximate surface area is 222 Å². The summed E-state index contributed by atoms with van der Waals surface area (Å²) >= 11 is 0. The highest BCUT2D eigenvalue weighted by Gasteiger charge is 2.37. The minimum Gasteiger partial charge on any atom is -0.611 e. The smallest absolute Gasteiger partial charge is 0.540 e. The van der Waals surface area contributed by atoms with Gasteiger partial charge in [-0.15, -0.1) is 0 Å². The molecule has 0 spiro atoms. The van der Waals surface area contributed by atoms with E-state index >= 15 is 0 Å². The molecule has 0 aliphatic heterocycles. The van der Waals surface area contributed by atoms with Gasteiger partial charge in [-0.05, 0) is 35.4 Å². The van der Waals surface area contributed by atoms with Crippen molar-refractivity contribution in [2.24, 2.45) is 0 Å². The van der Waals surface area contributed by atoms with E-state index in [1.54, 1.807) is 18.3 Å². The van der Waals surface area contributed by atoms with E-state index < -0.39 is 26.9 Å². The molecular weight excluding hydrogens is 543 g/mol. The highest BCUT2D eigenvalue weighted by Crippen LogP contribution is 2.34. The van der Waals surface area contributed by atoms with E-state index in [0.29, 0.717) is 17.9 Å². The molecule has 4 N–H and O–H groups in total. The third-order valence-electron chi connectivity index (χ3n) is 5.72. The molecule has 3 aromatic heterocycles. The Morgan fingerprint density at radius 2 is 1.69 bits per heavy atom. The Kier molecular flexibility index (Phi) is 7.19. The zero-order chi connectivity index (χ0) is 27.6. The maximum atomic E-state index is 12.6. The van der Waals surface area contributed by atoms with E-state index in [1.807, 2.05) is 54.6 Å². The van der Waals surface area contributed by atoms with Gasteiger partial charge in [0.15, 0.2) is 5.82 Å². The quantitative estimate of drug-likeness (QED) is 0.160. The molecule has 1 atom stereocenters. The maximum Gasteiger partial charge on any atom is 0.540 e. The summed E-state index contributed by atoms with van der Waals surface area (Å²) in [5.41, 5.74) is 3.23. The predicted molar refractivity (Wildman–Crippen MR) is 143 cm³/mol. The summed E-state index contributed by atoms with van der Waals surface area (Å²) in [6, 6.07) is 21.8. The van der Waals surface area contributed by atoms with Crippen LogP contribution in [0.1, 0.15) is 5.69 Å². The molecule has 0 bridgehead atoms. The summed E-state index contributed by atoms with van der Waals surface area (Å²) in [6.07, 6.45) is 3.80. The van der Waals surface area contributed by atoms with Gasteiger partial charge < -0.3 is 10.5 Å². The van der Waals surface area contributed by atoms with Crippen molar-refractivity contribution in [1.29, 1.82) is 0 Å². The van der Waals surface area contributed by atoms with Crippen molar-refractivity contribution in [3.63, 3.8) is 0 Å². The van der Waals surface area contributed by atoms with Crippen LogP contribution in [0.2, 0.25) is 0 Å². The largest absolute Gasteiger partial charge is 0.611 e. The minimum atomic E-state index is -5.55. The zero-order valence-electron chi connectivity index (χ0n) is 20.0. The zero-order valence-corrected chi connectivity index (χ0v) is 21.8. The number of benzene rings is 2. The number of hydrogen-bond donors (Lipinski definition) is 4. The third-order valence-corrected chi connectivity index (χ3v) is 8.93. The lowest BCUT2D eigenvalue weighted by atomic mass is 10.0. The highest BCUT2D eigenvalue weighted by molar-refractivity contribution is 7.88. The summed E-state index contributed by atoms with van der Waals surface area (Å²) in [5.74, 6) is 0.532. The standard InChI is InChI=1S/C25H21N6O6PS/c32-31(38(33,34)35)39(36,37)20-13-18(14-26-16-20)24-29-22-11-6-10-21(17-7-2-1-3-8-17)23(22)25(30-24)28-15-19-9-4-5-12-27-19/h1-14,16,31H,15H2,(H,28,29,30)(H2,33,34,35). The van der Waals surface area contributed by atoms with Crippen LogP contribution in [0.4, 0.5) is 5.82 Å². The molecule has 5 rings (SSSR count). The van der Waals surface area contributed by atoms with Crippen LogP contribution in [-0.2, 0) is 21.1 Å². The van der Waals surface area contributed by atoms with Crippen molar-refractivity contribution < 1.29 is 27.0 Å². The molecule has 14 heteroatoms. The Morgan fingerprint density at radius 3 is 2.41 bits per heavy atom. The van der Waals surface area contributed by atoms with Gasteiger partial charge >= 0.3 is 17.8 Å². The molecule has 198 valence electrons. The Bertz CT molecular complexity index is 1800. The summed E-state index contributed by atoms with van der Waals surface area (Å²) < 4.78 is 34.3. The molecule has 0 aliphatic carbocycles. The van der Waals surface area contributed by atoms with Crippen molar-refractivity contribution in [3.05, 3.63) is 102 Å². The number of quaternary nitrogens is 1. The molecule has 0 saturated heterocycles. The lowest BCUT2D eigenvalue weighted by Gasteiger charge is -2.21. The first-order valence-electron chi connectivity index (χ1n) is 11.4. The van der Waals surface area contributed by atoms with E-state index in [-0.39, 0.29) is 11.4 Å². The number of rotatable bonds is 8. The fourth-order valence-electron chi connectivity index (χ4n) is 3.92. The number of fused-ring (bicyclic) bond motifs is 1. The van der Waals surface area contributed by atoms with Gasteiger partial charge in [-0.1, -0.05) is 48.5 Å². The van der Waals surface area contributed by atoms with E-state index in [0.717, 1.165) is 34.5 Å². The van der Waals surface area contributed by atoms with Crippen LogP contribution in [0.3, 0.4) is 0 Å². The summed E-state index contributed by atoms with van der Waals surface area (Å²) in [6.45, 7) is 0.332. The molecule has 3 heterocycles. The fraction of sp³-hybridized carbons (Fsp3) is 0.0400. The number of nitrogens with one attached hydrogen (secondary N) is 2. The number of nitrogens with zero attached hydrogens (tertiary/aromatic N) is 4. The molecule has 5 aromatic rings. The van der Waals surface area contributed by atoms with Gasteiger partial charge in [0.05, 0.1) is 29.3 Å². The van der Waals surface area contributed by atoms with Gasteiger partial charge in [0.2, 0.25) is 0 Å². The normalized spacial score (nSPS) is 12.8. The number of hydrogen-bond acceptors (Lipinski definition) is 9. The first-order chi connectivity index (χ1) is 18.6. The molecule has 2 aromatic carbocycles. The van der Waals surface area contributed by atoms with Crippen molar-refractivity contribution in [2.75, 3.05) is 5.32 Å². The summed E-state index contributed by atoms with van der Waals surface area (Å²) in [4.78, 5) is 35.0. The van der Waals surface area contributed by atoms with Gasteiger partial charge in [0.1, 0.15) is 10.7 Å². The molecular formula is C25H21N6O6PS. The average molecular weight is 565 g/mol. The van der Waals surface area contributed by atoms with Crippen LogP contribution in [0, 0.1) is 5.21 Å². The molecule has 0 radical (unpaired) electrons. The van der Waals surface area contributed by atoms with Crippen LogP contribution in [0.15, 0.2) is 96.3 Å². The lowest BCUT2D eigenvalue weighted by molar-refractivity contribution is -0.575. The van der Waals surface area contributed by atoms with E-state index in [1.165, 1.54) is 6.20 Å². The molecule has 0 aliphatic rings. The van der Waals surface area contributed by atoms with E-state index in [4.69, 9.17) is 9.79 Å². The Balaban J connectivity index is 1.66. The van der Waals surface area contributed by atoms with Crippen LogP contribution < -0.4 is 9.56 Å². The topological polar surface area (TPSA) is 183 Å². The highest BCUT2D eigenvalue weighted by atomic mass is 32.2. The van der Waals surface area contributed by atoms with Crippen molar-refractivity contribution in [1.82, 2.24) is 19.9 Å². The Hall–Kier alpha value is -4.10. The molecule has 0 fully saturated rings. The molecule has 1 unspecified atom stereocenters. The fourth-order valence-corrected chi connectivity index (χ4v) is 6.17. The van der Waals surface area contributed by atoms with Crippen molar-refractivity contribution in [2.45, 2.75) is 11.4 Å². The van der Waals surface area contributed by atoms with E-state index in [9.17, 15) is 18.2 Å². The number of aromatic nitrogens is 4. The van der Waals surface area contributed by atoms with Crippen LogP contribution in [-0.4, -0.2) is 38.1 Å². The maximum absolute atomic E-state index is 12.6. The number of anilines is 1. The number of sulfonamides is 1. The van der Waals surface area contributed by atoms with Crippen LogP contribution >= 0.6 is 7.75 Å². The molecule has 0 amide bonds. The number of pyridine rings is 2. The van der Waals surface area contributed by atoms with Gasteiger partial charge in [-0.3, -0.25) is 19.8 Å². The second-order valence-corrected chi connectivity index (χ2v) is 12.0. The van der Waals surface area contributed by atoms with Gasteiger partial charge in [-0.2, -0.15) is 12.7 Å². The van der Waals surface area contributed by atoms with Crippen LogP contribution in [0.5, 0.6) is 0 Å². The Morgan fingerprint density at radius 1 is 0.923 bits per heavy atom. The van der Waals surface area contributed by atoms with Gasteiger partial charge in [0, 0.05) is 18.0 Å². The average Bonchev–Trinajstić information content (AvgIpc) is 2.95. The minimum absolute atomic E-state index is 0.0874. The van der Waals surface area contributed by atoms with E-state index in [2.05, 4.69) is 25.3 Å².